The average molecular weight is 356 g/mol. The lowest BCUT2D eigenvalue weighted by Crippen LogP contribution is -3.00. The minimum absolute atomic E-state index is 0. The SMILES string of the molecule is CC[n+]1ccc(C=Cc2ccc(O)cc2)c2ccccc21.[Br-]. The molecule has 3 rings (SSSR count). The molecule has 1 heterocycles. The minimum atomic E-state index is 0. The zero-order valence-corrected chi connectivity index (χ0v) is 14.0. The molecule has 0 fully saturated rings. The molecule has 0 bridgehead atoms. The highest BCUT2D eigenvalue weighted by atomic mass is 79.9. The van der Waals surface area contributed by atoms with E-state index in [1.807, 2.05) is 12.1 Å². The van der Waals surface area contributed by atoms with Gasteiger partial charge in [0.15, 0.2) is 6.20 Å². The van der Waals surface area contributed by atoms with E-state index < -0.39 is 0 Å². The number of halogens is 1. The first kappa shape index (κ1) is 16.2. The summed E-state index contributed by atoms with van der Waals surface area (Å²) in [5, 5.41) is 10.6. The third-order valence-corrected chi connectivity index (χ3v) is 3.65. The van der Waals surface area contributed by atoms with Crippen LogP contribution in [0.15, 0.2) is 60.8 Å². The summed E-state index contributed by atoms with van der Waals surface area (Å²) in [7, 11) is 0. The molecule has 112 valence electrons. The second kappa shape index (κ2) is 7.23. The van der Waals surface area contributed by atoms with Gasteiger partial charge in [-0.1, -0.05) is 36.4 Å². The van der Waals surface area contributed by atoms with Crippen LogP contribution in [0.3, 0.4) is 0 Å². The first-order valence-corrected chi connectivity index (χ1v) is 7.16. The van der Waals surface area contributed by atoms with Gasteiger partial charge < -0.3 is 22.1 Å². The molecule has 3 aromatic rings. The van der Waals surface area contributed by atoms with Gasteiger partial charge in [-0.25, -0.2) is 0 Å². The molecular weight excluding hydrogens is 338 g/mol. The van der Waals surface area contributed by atoms with E-state index in [0.29, 0.717) is 5.75 Å². The van der Waals surface area contributed by atoms with Gasteiger partial charge in [0.1, 0.15) is 12.3 Å². The molecule has 2 nitrogen and oxygen atoms in total. The number of pyridine rings is 1. The fourth-order valence-electron chi connectivity index (χ4n) is 2.50. The number of hydrogen-bond acceptors (Lipinski definition) is 1. The fraction of sp³-hybridized carbons (Fsp3) is 0.105. The molecule has 1 aromatic heterocycles. The predicted molar refractivity (Wildman–Crippen MR) is 86.9 cm³/mol. The van der Waals surface area contributed by atoms with Gasteiger partial charge in [0, 0.05) is 12.1 Å². The summed E-state index contributed by atoms with van der Waals surface area (Å²) in [6.45, 7) is 3.11. The maximum Gasteiger partial charge on any atom is 0.213 e. The number of aromatic nitrogens is 1. The van der Waals surface area contributed by atoms with Crippen molar-refractivity contribution < 1.29 is 26.7 Å². The van der Waals surface area contributed by atoms with E-state index >= 15 is 0 Å². The van der Waals surface area contributed by atoms with Crippen LogP contribution in [0.4, 0.5) is 0 Å². The van der Waals surface area contributed by atoms with Gasteiger partial charge in [-0.15, -0.1) is 0 Å². The average Bonchev–Trinajstić information content (AvgIpc) is 2.54. The number of rotatable bonds is 3. The van der Waals surface area contributed by atoms with E-state index in [9.17, 15) is 5.11 Å². The fourth-order valence-corrected chi connectivity index (χ4v) is 2.50. The number of aromatic hydroxyl groups is 1. The molecule has 0 aliphatic heterocycles. The summed E-state index contributed by atoms with van der Waals surface area (Å²) in [5.74, 6) is 0.293. The van der Waals surface area contributed by atoms with Gasteiger partial charge in [-0.3, -0.25) is 0 Å². The van der Waals surface area contributed by atoms with Crippen LogP contribution in [-0.4, -0.2) is 5.11 Å². The largest absolute Gasteiger partial charge is 1.00 e. The normalized spacial score (nSPS) is 10.8. The van der Waals surface area contributed by atoms with E-state index in [4.69, 9.17) is 0 Å². The second-order valence-electron chi connectivity index (χ2n) is 5.00. The van der Waals surface area contributed by atoms with Crippen molar-refractivity contribution in [2.75, 3.05) is 0 Å². The van der Waals surface area contributed by atoms with Crippen molar-refractivity contribution in [1.82, 2.24) is 0 Å². The Bertz CT molecular complexity index is 794. The van der Waals surface area contributed by atoms with Crippen LogP contribution in [0, 0.1) is 0 Å². The number of fused-ring (bicyclic) bond motifs is 1. The Morgan fingerprint density at radius 3 is 2.41 bits per heavy atom. The first-order valence-electron chi connectivity index (χ1n) is 7.16. The zero-order chi connectivity index (χ0) is 14.7. The lowest BCUT2D eigenvalue weighted by molar-refractivity contribution is -0.667. The Kier molecular flexibility index (Phi) is 5.34. The molecule has 1 N–H and O–H groups in total. The van der Waals surface area contributed by atoms with Gasteiger partial charge in [0.2, 0.25) is 5.52 Å². The highest BCUT2D eigenvalue weighted by molar-refractivity contribution is 5.88. The molecule has 0 radical (unpaired) electrons. The van der Waals surface area contributed by atoms with Crippen molar-refractivity contribution in [3.8, 4) is 5.75 Å². The third-order valence-electron chi connectivity index (χ3n) is 3.65. The third kappa shape index (κ3) is 3.37. The summed E-state index contributed by atoms with van der Waals surface area (Å²) in [6, 6.07) is 17.8. The molecule has 0 unspecified atom stereocenters. The Labute approximate surface area is 141 Å². The summed E-state index contributed by atoms with van der Waals surface area (Å²) in [4.78, 5) is 0. The van der Waals surface area contributed by atoms with E-state index in [2.05, 4.69) is 60.2 Å². The number of phenols is 1. The Balaban J connectivity index is 0.00000176. The van der Waals surface area contributed by atoms with E-state index in [1.165, 1.54) is 16.5 Å². The highest BCUT2D eigenvalue weighted by Gasteiger charge is 2.08. The molecule has 0 aliphatic rings. The lowest BCUT2D eigenvalue weighted by Gasteiger charge is -2.02. The molecule has 0 amide bonds. The predicted octanol–water partition coefficient (Wildman–Crippen LogP) is 1.03. The molecule has 0 atom stereocenters. The van der Waals surface area contributed by atoms with E-state index in [0.717, 1.165) is 12.1 Å². The van der Waals surface area contributed by atoms with Gasteiger partial charge in [-0.05, 0) is 36.2 Å². The number of phenolic OH excluding ortho intramolecular Hbond substituents is 1. The number of para-hydroxylation sites is 1. The van der Waals surface area contributed by atoms with Crippen LogP contribution < -0.4 is 21.5 Å². The van der Waals surface area contributed by atoms with Gasteiger partial charge in [0.05, 0.1) is 5.39 Å². The van der Waals surface area contributed by atoms with E-state index in [1.54, 1.807) is 12.1 Å². The van der Waals surface area contributed by atoms with E-state index in [-0.39, 0.29) is 17.0 Å². The second-order valence-corrected chi connectivity index (χ2v) is 5.00. The summed E-state index contributed by atoms with van der Waals surface area (Å²) in [6.07, 6.45) is 6.31. The van der Waals surface area contributed by atoms with Crippen molar-refractivity contribution in [2.45, 2.75) is 13.5 Å². The Hall–Kier alpha value is -2.13. The molecule has 0 saturated heterocycles. The van der Waals surface area contributed by atoms with Crippen molar-refractivity contribution in [1.29, 1.82) is 0 Å². The minimum Gasteiger partial charge on any atom is -1.00 e. The van der Waals surface area contributed by atoms with Crippen molar-refractivity contribution in [2.24, 2.45) is 0 Å². The van der Waals surface area contributed by atoms with Crippen LogP contribution in [0.2, 0.25) is 0 Å². The van der Waals surface area contributed by atoms with Gasteiger partial charge >= 0.3 is 0 Å². The molecule has 0 saturated carbocycles. The van der Waals surface area contributed by atoms with Crippen LogP contribution in [-0.2, 0) is 6.54 Å². The molecular formula is C19H18BrNO. The maximum atomic E-state index is 9.31. The van der Waals surface area contributed by atoms with Gasteiger partial charge in [-0.2, -0.15) is 4.57 Å². The van der Waals surface area contributed by atoms with Crippen LogP contribution in [0.1, 0.15) is 18.1 Å². The topological polar surface area (TPSA) is 24.1 Å². The van der Waals surface area contributed by atoms with Crippen molar-refractivity contribution in [3.63, 3.8) is 0 Å². The molecule has 22 heavy (non-hydrogen) atoms. The molecule has 0 spiro atoms. The van der Waals surface area contributed by atoms with Crippen molar-refractivity contribution >= 4 is 23.1 Å². The number of nitrogens with zero attached hydrogens (tertiary/aromatic N) is 1. The number of aryl methyl sites for hydroxylation is 1. The van der Waals surface area contributed by atoms with Crippen LogP contribution in [0.5, 0.6) is 5.75 Å². The standard InChI is InChI=1S/C19H17NO.BrH/c1-2-20-14-13-16(18-5-3-4-6-19(18)20)10-7-15-8-11-17(21)12-9-15;/h3-14H,2H2,1H3;1H. The quantitative estimate of drug-likeness (QED) is 0.697. The zero-order valence-electron chi connectivity index (χ0n) is 12.4. The van der Waals surface area contributed by atoms with Crippen molar-refractivity contribution in [3.05, 3.63) is 71.9 Å². The van der Waals surface area contributed by atoms with Crippen LogP contribution >= 0.6 is 0 Å². The van der Waals surface area contributed by atoms with Gasteiger partial charge in [0.25, 0.3) is 0 Å². The summed E-state index contributed by atoms with van der Waals surface area (Å²) >= 11 is 0. The molecule has 0 aliphatic carbocycles. The first-order chi connectivity index (χ1) is 10.3. The number of hydrogen-bond donors (Lipinski definition) is 1. The Morgan fingerprint density at radius 1 is 0.955 bits per heavy atom. The van der Waals surface area contributed by atoms with Crippen LogP contribution in [0.25, 0.3) is 23.1 Å². The summed E-state index contributed by atoms with van der Waals surface area (Å²) < 4.78 is 2.24. The summed E-state index contributed by atoms with van der Waals surface area (Å²) in [5.41, 5.74) is 3.51. The molecule has 3 heteroatoms. The lowest BCUT2D eigenvalue weighted by atomic mass is 10.1. The molecule has 2 aromatic carbocycles. The smallest absolute Gasteiger partial charge is 0.213 e. The monoisotopic (exact) mass is 355 g/mol. The highest BCUT2D eigenvalue weighted by Crippen LogP contribution is 2.18. The Morgan fingerprint density at radius 2 is 1.68 bits per heavy atom. The number of benzene rings is 2. The maximum absolute atomic E-state index is 9.31.